The zero-order valence-electron chi connectivity index (χ0n) is 12.5. The van der Waals surface area contributed by atoms with E-state index < -0.39 is 12.0 Å². The van der Waals surface area contributed by atoms with Crippen molar-refractivity contribution in [1.29, 1.82) is 0 Å². The predicted molar refractivity (Wildman–Crippen MR) is 80.3 cm³/mol. The minimum absolute atomic E-state index is 0.166. The molecule has 20 heavy (non-hydrogen) atoms. The highest BCUT2D eigenvalue weighted by molar-refractivity contribution is 7.10. The van der Waals surface area contributed by atoms with Crippen LogP contribution in [-0.2, 0) is 16.0 Å². The number of ether oxygens (including phenoxy) is 1. The Kier molecular flexibility index (Phi) is 4.52. The summed E-state index contributed by atoms with van der Waals surface area (Å²) in [6.45, 7) is 6.97. The number of carboxylic acids is 1. The number of fused-ring (bicyclic) bond motifs is 1. The van der Waals surface area contributed by atoms with E-state index in [4.69, 9.17) is 4.74 Å². The van der Waals surface area contributed by atoms with Crippen LogP contribution in [0.4, 0.5) is 0 Å². The van der Waals surface area contributed by atoms with E-state index >= 15 is 0 Å². The van der Waals surface area contributed by atoms with Crippen molar-refractivity contribution < 1.29 is 14.6 Å². The van der Waals surface area contributed by atoms with Crippen molar-refractivity contribution in [2.24, 2.45) is 0 Å². The maximum absolute atomic E-state index is 11.7. The van der Waals surface area contributed by atoms with Crippen molar-refractivity contribution in [2.45, 2.75) is 51.3 Å². The normalized spacial score (nSPS) is 21.5. The van der Waals surface area contributed by atoms with Crippen LogP contribution in [0.1, 0.15) is 43.7 Å². The van der Waals surface area contributed by atoms with E-state index in [0.717, 1.165) is 24.9 Å². The summed E-state index contributed by atoms with van der Waals surface area (Å²) < 4.78 is 5.48. The molecule has 0 amide bonds. The van der Waals surface area contributed by atoms with Gasteiger partial charge in [-0.2, -0.15) is 0 Å². The lowest BCUT2D eigenvalue weighted by Gasteiger charge is -2.40. The van der Waals surface area contributed by atoms with Gasteiger partial charge in [-0.25, -0.2) is 0 Å². The average molecular weight is 297 g/mol. The monoisotopic (exact) mass is 297 g/mol. The van der Waals surface area contributed by atoms with Crippen LogP contribution in [0.25, 0.3) is 0 Å². The Bertz CT molecular complexity index is 483. The number of aliphatic carboxylic acids is 1. The molecule has 0 radical (unpaired) electrons. The van der Waals surface area contributed by atoms with Gasteiger partial charge in [0.15, 0.2) is 0 Å². The maximum Gasteiger partial charge on any atom is 0.325 e. The quantitative estimate of drug-likeness (QED) is 0.908. The first-order chi connectivity index (χ1) is 9.35. The van der Waals surface area contributed by atoms with E-state index in [9.17, 15) is 9.90 Å². The molecule has 1 aromatic rings. The SMILES string of the molecule is COC(C)(C)CC(C)N1CCc2sccc2C1C(=O)O. The first-order valence-corrected chi connectivity index (χ1v) is 7.83. The van der Waals surface area contributed by atoms with Crippen LogP contribution in [-0.4, -0.2) is 41.3 Å². The van der Waals surface area contributed by atoms with E-state index in [1.165, 1.54) is 4.88 Å². The molecular weight excluding hydrogens is 274 g/mol. The molecule has 0 bridgehead atoms. The van der Waals surface area contributed by atoms with Gasteiger partial charge in [-0.15, -0.1) is 11.3 Å². The number of hydrogen-bond acceptors (Lipinski definition) is 4. The minimum atomic E-state index is -0.758. The van der Waals surface area contributed by atoms with Crippen LogP contribution in [0.5, 0.6) is 0 Å². The lowest BCUT2D eigenvalue weighted by molar-refractivity contribution is -0.145. The van der Waals surface area contributed by atoms with Gasteiger partial charge in [0.1, 0.15) is 6.04 Å². The van der Waals surface area contributed by atoms with Gasteiger partial charge in [0.05, 0.1) is 5.60 Å². The first-order valence-electron chi connectivity index (χ1n) is 6.95. The third kappa shape index (κ3) is 3.05. The van der Waals surface area contributed by atoms with Crippen LogP contribution in [0.2, 0.25) is 0 Å². The number of carbonyl (C=O) groups is 1. The Morgan fingerprint density at radius 2 is 2.35 bits per heavy atom. The number of thiophene rings is 1. The number of methoxy groups -OCH3 is 1. The molecule has 1 aliphatic heterocycles. The van der Waals surface area contributed by atoms with Crippen molar-refractivity contribution in [3.63, 3.8) is 0 Å². The highest BCUT2D eigenvalue weighted by atomic mass is 32.1. The summed E-state index contributed by atoms with van der Waals surface area (Å²) in [7, 11) is 1.70. The zero-order chi connectivity index (χ0) is 14.9. The van der Waals surface area contributed by atoms with Gasteiger partial charge < -0.3 is 9.84 Å². The van der Waals surface area contributed by atoms with E-state index in [1.807, 2.05) is 25.3 Å². The summed E-state index contributed by atoms with van der Waals surface area (Å²) in [4.78, 5) is 15.0. The fourth-order valence-electron chi connectivity index (χ4n) is 3.00. The Hall–Kier alpha value is -0.910. The Morgan fingerprint density at radius 3 is 2.95 bits per heavy atom. The van der Waals surface area contributed by atoms with E-state index in [2.05, 4.69) is 11.8 Å². The van der Waals surface area contributed by atoms with Gasteiger partial charge in [-0.1, -0.05) is 0 Å². The van der Waals surface area contributed by atoms with Gasteiger partial charge in [-0.3, -0.25) is 9.69 Å². The third-order valence-corrected chi connectivity index (χ3v) is 5.14. The largest absolute Gasteiger partial charge is 0.480 e. The molecule has 2 unspecified atom stereocenters. The molecule has 0 aliphatic carbocycles. The Labute approximate surface area is 124 Å². The maximum atomic E-state index is 11.7. The molecule has 0 saturated heterocycles. The molecule has 1 aromatic heterocycles. The van der Waals surface area contributed by atoms with Gasteiger partial charge >= 0.3 is 5.97 Å². The number of rotatable bonds is 5. The van der Waals surface area contributed by atoms with Crippen molar-refractivity contribution in [3.8, 4) is 0 Å². The highest BCUT2D eigenvalue weighted by Gasteiger charge is 2.37. The lowest BCUT2D eigenvalue weighted by atomic mass is 9.93. The second-order valence-electron chi connectivity index (χ2n) is 6.04. The third-order valence-electron chi connectivity index (χ3n) is 4.14. The molecule has 2 atom stereocenters. The Balaban J connectivity index is 2.21. The fourth-order valence-corrected chi connectivity index (χ4v) is 3.90. The molecule has 4 nitrogen and oxygen atoms in total. The second kappa shape index (κ2) is 5.84. The van der Waals surface area contributed by atoms with E-state index in [1.54, 1.807) is 18.4 Å². The van der Waals surface area contributed by atoms with Crippen molar-refractivity contribution >= 4 is 17.3 Å². The summed E-state index contributed by atoms with van der Waals surface area (Å²) in [5.41, 5.74) is 0.730. The highest BCUT2D eigenvalue weighted by Crippen LogP contribution is 2.36. The Morgan fingerprint density at radius 1 is 1.65 bits per heavy atom. The van der Waals surface area contributed by atoms with Crippen LogP contribution in [0.15, 0.2) is 11.4 Å². The predicted octanol–water partition coefficient (Wildman–Crippen LogP) is 2.94. The van der Waals surface area contributed by atoms with Crippen LogP contribution in [0, 0.1) is 0 Å². The number of nitrogens with zero attached hydrogens (tertiary/aromatic N) is 1. The molecule has 0 saturated carbocycles. The molecule has 0 fully saturated rings. The smallest absolute Gasteiger partial charge is 0.325 e. The van der Waals surface area contributed by atoms with Gasteiger partial charge in [0.25, 0.3) is 0 Å². The first kappa shape index (κ1) is 15.5. The molecule has 0 spiro atoms. The molecule has 2 heterocycles. The van der Waals surface area contributed by atoms with Crippen molar-refractivity contribution in [3.05, 3.63) is 21.9 Å². The summed E-state index contributed by atoms with van der Waals surface area (Å²) >= 11 is 1.66. The van der Waals surface area contributed by atoms with Crippen molar-refractivity contribution in [1.82, 2.24) is 4.90 Å². The summed E-state index contributed by atoms with van der Waals surface area (Å²) in [6, 6.07) is 1.60. The lowest BCUT2D eigenvalue weighted by Crippen LogP contribution is -2.46. The molecule has 2 rings (SSSR count). The van der Waals surface area contributed by atoms with Crippen LogP contribution in [0.3, 0.4) is 0 Å². The number of hydrogen-bond donors (Lipinski definition) is 1. The summed E-state index contributed by atoms with van der Waals surface area (Å²) in [6.07, 6.45) is 1.75. The van der Waals surface area contributed by atoms with Crippen LogP contribution < -0.4 is 0 Å². The average Bonchev–Trinajstić information content (AvgIpc) is 2.84. The molecule has 0 aromatic carbocycles. The molecular formula is C15H23NO3S. The zero-order valence-corrected chi connectivity index (χ0v) is 13.4. The topological polar surface area (TPSA) is 49.8 Å². The summed E-state index contributed by atoms with van der Waals surface area (Å²) in [5, 5.41) is 11.6. The van der Waals surface area contributed by atoms with Gasteiger partial charge in [0.2, 0.25) is 0 Å². The standard InChI is InChI=1S/C15H23NO3S/c1-10(9-15(2,3)19-4)16-7-5-12-11(6-8-20-12)13(16)14(17)18/h6,8,10,13H,5,7,9H2,1-4H3,(H,17,18). The summed E-state index contributed by atoms with van der Waals surface area (Å²) in [5.74, 6) is -0.758. The van der Waals surface area contributed by atoms with Gasteiger partial charge in [-0.05, 0) is 50.6 Å². The second-order valence-corrected chi connectivity index (χ2v) is 7.05. The molecule has 1 N–H and O–H groups in total. The van der Waals surface area contributed by atoms with E-state index in [-0.39, 0.29) is 11.6 Å². The molecule has 1 aliphatic rings. The van der Waals surface area contributed by atoms with Crippen LogP contribution >= 0.6 is 11.3 Å². The molecule has 112 valence electrons. The van der Waals surface area contributed by atoms with Crippen molar-refractivity contribution in [2.75, 3.05) is 13.7 Å². The minimum Gasteiger partial charge on any atom is -0.480 e. The number of carboxylic acid groups (broad SMARTS) is 1. The fraction of sp³-hybridized carbons (Fsp3) is 0.667. The molecule has 5 heteroatoms. The van der Waals surface area contributed by atoms with Gasteiger partial charge in [0, 0.05) is 24.6 Å². The van der Waals surface area contributed by atoms with E-state index in [0.29, 0.717) is 0 Å².